The van der Waals surface area contributed by atoms with E-state index >= 15 is 0 Å². The smallest absolute Gasteiger partial charge is 0.396 e. The number of aromatic nitrogens is 7. The number of nitrogens with one attached hydrogen (secondary N) is 3. The van der Waals surface area contributed by atoms with E-state index in [1.54, 1.807) is 51.8 Å². The molecule has 0 aliphatic carbocycles. The molecule has 0 aliphatic heterocycles. The number of benzene rings is 2. The van der Waals surface area contributed by atoms with Crippen LogP contribution in [0.15, 0.2) is 73.4 Å². The molecule has 0 atom stereocenters. The number of hydrogen-bond donors (Lipinski definition) is 5. The summed E-state index contributed by atoms with van der Waals surface area (Å²) in [7, 11) is 0. The van der Waals surface area contributed by atoms with Gasteiger partial charge < -0.3 is 26.2 Å². The van der Waals surface area contributed by atoms with E-state index < -0.39 is 29.0 Å². The average Bonchev–Trinajstić information content (AvgIpc) is 3.85. The highest BCUT2D eigenvalue weighted by Crippen LogP contribution is 2.36. The number of rotatable bonds is 12. The van der Waals surface area contributed by atoms with Crippen LogP contribution in [0.2, 0.25) is 0 Å². The first kappa shape index (κ1) is 37.7. The number of anilines is 3. The van der Waals surface area contributed by atoms with Gasteiger partial charge >= 0.3 is 12.4 Å². The number of aliphatic hydroxyl groups excluding tert-OH is 2. The predicted octanol–water partition coefficient (Wildman–Crippen LogP) is 6.21. The summed E-state index contributed by atoms with van der Waals surface area (Å²) in [4.78, 5) is 32.1. The van der Waals surface area contributed by atoms with Crippen LogP contribution >= 0.6 is 0 Å². The van der Waals surface area contributed by atoms with Gasteiger partial charge in [-0.15, -0.1) is 0 Å². The quantitative estimate of drug-likeness (QED) is 0.0547. The highest BCUT2D eigenvalue weighted by Gasteiger charge is 2.35. The topological polar surface area (TPSA) is 167 Å². The molecule has 7 aromatic rings. The van der Waals surface area contributed by atoms with Crippen LogP contribution in [0.25, 0.3) is 33.4 Å². The summed E-state index contributed by atoms with van der Waals surface area (Å²) in [5, 5.41) is 26.7. The number of aliphatic hydroxyl groups is 2. The van der Waals surface area contributed by atoms with E-state index in [9.17, 15) is 31.1 Å². The Balaban J connectivity index is 0.000000189. The van der Waals surface area contributed by atoms with Crippen molar-refractivity contribution < 1.29 is 41.4 Å². The molecule has 0 spiro atoms. The lowest BCUT2D eigenvalue weighted by Crippen LogP contribution is -2.14. The Morgan fingerprint density at radius 3 is 1.74 bits per heavy atom. The van der Waals surface area contributed by atoms with E-state index in [4.69, 9.17) is 10.2 Å². The first-order valence-electron chi connectivity index (χ1n) is 16.5. The fraction of sp³-hybridized carbons (Fsp3) is 0.257. The van der Waals surface area contributed by atoms with Crippen molar-refractivity contribution in [3.8, 4) is 0 Å². The van der Waals surface area contributed by atoms with Gasteiger partial charge in [0.05, 0.1) is 33.2 Å². The summed E-state index contributed by atoms with van der Waals surface area (Å²) in [6, 6.07) is 9.73. The fourth-order valence-electron chi connectivity index (χ4n) is 5.68. The first-order valence-corrected chi connectivity index (χ1v) is 16.5. The minimum atomic E-state index is -4.65. The summed E-state index contributed by atoms with van der Waals surface area (Å²) < 4.78 is 83.9. The zero-order valence-corrected chi connectivity index (χ0v) is 28.2. The van der Waals surface area contributed by atoms with Gasteiger partial charge in [-0.05, 0) is 54.8 Å². The number of halogens is 6. The minimum Gasteiger partial charge on any atom is -0.396 e. The molecular weight excluding hydrogens is 722 g/mol. The van der Waals surface area contributed by atoms with Gasteiger partial charge in [0.25, 0.3) is 0 Å². The number of aldehydes is 1. The Bertz CT molecular complexity index is 2400. The van der Waals surface area contributed by atoms with E-state index in [-0.39, 0.29) is 42.6 Å². The molecule has 2 aromatic carbocycles. The SMILES string of the molecule is O=Cc1cc2c(cc1C(F)(F)F)nc(NCCCO)c1nccn12.OCCCNc1nc2cc(C(F)(F)F)c(CNc3ccccn3)cc2n2ccnc12. The van der Waals surface area contributed by atoms with Crippen LogP contribution in [0.3, 0.4) is 0 Å². The highest BCUT2D eigenvalue weighted by molar-refractivity contribution is 5.90. The van der Waals surface area contributed by atoms with Crippen LogP contribution in [0, 0.1) is 0 Å². The Morgan fingerprint density at radius 2 is 1.24 bits per heavy atom. The number of fused-ring (bicyclic) bond motifs is 6. The summed E-state index contributed by atoms with van der Waals surface area (Å²) in [6.45, 7) is 0.753. The molecule has 5 N–H and O–H groups in total. The number of imidazole rings is 2. The van der Waals surface area contributed by atoms with Crippen molar-refractivity contribution in [2.75, 3.05) is 42.3 Å². The molecule has 0 radical (unpaired) electrons. The van der Waals surface area contributed by atoms with E-state index in [1.165, 1.54) is 12.3 Å². The largest absolute Gasteiger partial charge is 0.417 e. The second-order valence-corrected chi connectivity index (χ2v) is 11.8. The van der Waals surface area contributed by atoms with Gasteiger partial charge in [-0.2, -0.15) is 26.3 Å². The molecule has 5 heterocycles. The maximum Gasteiger partial charge on any atom is 0.417 e. The minimum absolute atomic E-state index is 0.00381. The molecule has 0 bridgehead atoms. The standard InChI is InChI=1S/C20H19F3N6O.C15H13F3N4O2/c21-20(22,23)14-11-15-16(10-13(14)12-27-17-4-1-2-5-24-17)29-8-7-26-19(29)18(28-15)25-6-3-9-30;16-15(17,18)10-7-11-12(6-9(10)8-24)22-4-3-20-14(22)13(21-11)19-2-1-5-23/h1-2,4-5,7-8,10-11,30H,3,6,9,12H2,(H,24,27)(H,25,28);3-4,6-8,23H,1-2,5H2,(H,19,21). The maximum atomic E-state index is 13.8. The maximum absolute atomic E-state index is 13.8. The fourth-order valence-corrected chi connectivity index (χ4v) is 5.68. The summed E-state index contributed by atoms with van der Waals surface area (Å²) >= 11 is 0. The normalized spacial score (nSPS) is 11.9. The van der Waals surface area contributed by atoms with E-state index in [0.717, 1.165) is 18.2 Å². The molecule has 54 heavy (non-hydrogen) atoms. The molecule has 0 amide bonds. The number of pyridine rings is 1. The number of alkyl halides is 6. The van der Waals surface area contributed by atoms with Crippen LogP contribution in [-0.2, 0) is 18.9 Å². The summed E-state index contributed by atoms with van der Waals surface area (Å²) in [5.41, 5.74) is -0.0748. The van der Waals surface area contributed by atoms with Crippen LogP contribution in [-0.4, -0.2) is 76.5 Å². The Kier molecular flexibility index (Phi) is 11.1. The zero-order valence-electron chi connectivity index (χ0n) is 28.2. The van der Waals surface area contributed by atoms with Crippen molar-refractivity contribution in [1.82, 2.24) is 33.7 Å². The van der Waals surface area contributed by atoms with Gasteiger partial charge in [0.15, 0.2) is 29.2 Å². The average molecular weight is 755 g/mol. The predicted molar refractivity (Wildman–Crippen MR) is 188 cm³/mol. The molecule has 0 aliphatic rings. The van der Waals surface area contributed by atoms with E-state index in [1.807, 2.05) is 0 Å². The van der Waals surface area contributed by atoms with Crippen LogP contribution < -0.4 is 16.0 Å². The number of hydrogen-bond acceptors (Lipinski definition) is 11. The molecule has 0 fully saturated rings. The number of nitrogens with zero attached hydrogens (tertiary/aromatic N) is 7. The lowest BCUT2D eigenvalue weighted by atomic mass is 10.0. The molecule has 7 rings (SSSR count). The molecule has 19 heteroatoms. The molecular formula is C35H32F6N10O3. The number of carbonyl (C=O) groups excluding carboxylic acids is 1. The third-order valence-electron chi connectivity index (χ3n) is 8.15. The summed E-state index contributed by atoms with van der Waals surface area (Å²) in [5.74, 6) is 1.17. The third kappa shape index (κ3) is 8.11. The molecule has 0 saturated heterocycles. The van der Waals surface area contributed by atoms with Gasteiger partial charge in [0, 0.05) is 69.4 Å². The van der Waals surface area contributed by atoms with Gasteiger partial charge in [-0.3, -0.25) is 13.6 Å². The van der Waals surface area contributed by atoms with Gasteiger partial charge in [0.1, 0.15) is 5.82 Å². The molecule has 13 nitrogen and oxygen atoms in total. The van der Waals surface area contributed by atoms with Gasteiger partial charge in [-0.25, -0.2) is 24.9 Å². The summed E-state index contributed by atoms with van der Waals surface area (Å²) in [6.07, 6.45) is -0.174. The molecule has 5 aromatic heterocycles. The van der Waals surface area contributed by atoms with E-state index in [2.05, 4.69) is 40.9 Å². The van der Waals surface area contributed by atoms with Gasteiger partial charge in [0.2, 0.25) is 0 Å². The Morgan fingerprint density at radius 1 is 0.685 bits per heavy atom. The highest BCUT2D eigenvalue weighted by atomic mass is 19.4. The lowest BCUT2D eigenvalue weighted by molar-refractivity contribution is -0.138. The molecule has 282 valence electrons. The van der Waals surface area contributed by atoms with Crippen molar-refractivity contribution in [3.05, 3.63) is 95.7 Å². The third-order valence-corrected chi connectivity index (χ3v) is 8.15. The monoisotopic (exact) mass is 754 g/mol. The number of carbonyl (C=O) groups is 1. The molecule has 0 unspecified atom stereocenters. The van der Waals surface area contributed by atoms with Crippen molar-refractivity contribution in [1.29, 1.82) is 0 Å². The van der Waals surface area contributed by atoms with Crippen LogP contribution in [0.1, 0.15) is 39.9 Å². The van der Waals surface area contributed by atoms with Crippen molar-refractivity contribution >= 4 is 57.1 Å². The van der Waals surface area contributed by atoms with Crippen molar-refractivity contribution in [3.63, 3.8) is 0 Å². The van der Waals surface area contributed by atoms with Crippen LogP contribution in [0.4, 0.5) is 43.8 Å². The first-order chi connectivity index (χ1) is 25.9. The van der Waals surface area contributed by atoms with Crippen LogP contribution in [0.5, 0.6) is 0 Å². The second-order valence-electron chi connectivity index (χ2n) is 11.8. The van der Waals surface area contributed by atoms with E-state index in [0.29, 0.717) is 65.7 Å². The van der Waals surface area contributed by atoms with Gasteiger partial charge in [-0.1, -0.05) is 6.07 Å². The van der Waals surface area contributed by atoms with Crippen molar-refractivity contribution in [2.45, 2.75) is 31.7 Å². The molecule has 0 saturated carbocycles. The second kappa shape index (κ2) is 15.9. The Hall–Kier alpha value is -6.08. The Labute approximate surface area is 301 Å². The lowest BCUT2D eigenvalue weighted by Gasteiger charge is -2.16. The van der Waals surface area contributed by atoms with Crippen molar-refractivity contribution in [2.24, 2.45) is 0 Å². The zero-order chi connectivity index (χ0) is 38.5.